The lowest BCUT2D eigenvalue weighted by molar-refractivity contribution is 0.605. The highest BCUT2D eigenvalue weighted by molar-refractivity contribution is 5.61. The van der Waals surface area contributed by atoms with Gasteiger partial charge in [0.15, 0.2) is 5.82 Å². The zero-order valence-corrected chi connectivity index (χ0v) is 10.6. The van der Waals surface area contributed by atoms with E-state index in [0.29, 0.717) is 0 Å². The molecule has 2 aliphatic heterocycles. The number of hydrogen-bond donors (Lipinski definition) is 1. The fraction of sp³-hybridized carbons (Fsp3) is 0.357. The molecule has 0 atom stereocenters. The van der Waals surface area contributed by atoms with E-state index in [-0.39, 0.29) is 0 Å². The van der Waals surface area contributed by atoms with Crippen LogP contribution in [0.3, 0.4) is 0 Å². The van der Waals surface area contributed by atoms with Crippen LogP contribution in [-0.4, -0.2) is 28.0 Å². The minimum Gasteiger partial charge on any atom is -0.356 e. The molecule has 0 amide bonds. The summed E-state index contributed by atoms with van der Waals surface area (Å²) < 4.78 is 0. The molecular formula is C14H15N5. The Morgan fingerprint density at radius 1 is 1.16 bits per heavy atom. The van der Waals surface area contributed by atoms with E-state index in [4.69, 9.17) is 4.98 Å². The van der Waals surface area contributed by atoms with Crippen molar-refractivity contribution in [2.45, 2.75) is 19.5 Å². The van der Waals surface area contributed by atoms with Crippen LogP contribution in [0, 0.1) is 0 Å². The fourth-order valence-corrected chi connectivity index (χ4v) is 2.56. The molecule has 1 fully saturated rings. The van der Waals surface area contributed by atoms with Gasteiger partial charge in [-0.2, -0.15) is 0 Å². The summed E-state index contributed by atoms with van der Waals surface area (Å²) in [7, 11) is 0. The third-order valence-corrected chi connectivity index (χ3v) is 3.74. The van der Waals surface area contributed by atoms with E-state index in [1.165, 1.54) is 12.0 Å². The Labute approximate surface area is 111 Å². The monoisotopic (exact) mass is 253 g/mol. The standard InChI is InChI=1S/C14H15N5/c1-3-10(7-15-4-1)13-17-12-9-16-8-11(12)14(18-13)19-5-2-6-19/h1,3-4,7,16H,2,5-6,8-9H2. The molecule has 19 heavy (non-hydrogen) atoms. The van der Waals surface area contributed by atoms with Crippen LogP contribution in [-0.2, 0) is 13.1 Å². The zero-order chi connectivity index (χ0) is 12.7. The van der Waals surface area contributed by atoms with Crippen LogP contribution in [0.1, 0.15) is 17.7 Å². The first-order valence-corrected chi connectivity index (χ1v) is 6.68. The van der Waals surface area contributed by atoms with Crippen LogP contribution in [0.5, 0.6) is 0 Å². The van der Waals surface area contributed by atoms with Crippen molar-refractivity contribution in [1.29, 1.82) is 0 Å². The van der Waals surface area contributed by atoms with Gasteiger partial charge in [0.25, 0.3) is 0 Å². The largest absolute Gasteiger partial charge is 0.356 e. The SMILES string of the molecule is c1cncc(-c2nc3c(c(N4CCC4)n2)CNC3)c1. The first kappa shape index (κ1) is 10.9. The number of hydrogen-bond acceptors (Lipinski definition) is 5. The normalized spacial score (nSPS) is 17.2. The van der Waals surface area contributed by atoms with Crippen LogP contribution >= 0.6 is 0 Å². The molecule has 2 aliphatic rings. The maximum Gasteiger partial charge on any atom is 0.163 e. The van der Waals surface area contributed by atoms with E-state index in [0.717, 1.165) is 49.1 Å². The third kappa shape index (κ3) is 1.77. The molecule has 5 heteroatoms. The number of aromatic nitrogens is 3. The summed E-state index contributed by atoms with van der Waals surface area (Å²) in [6, 6.07) is 3.93. The Bertz CT molecular complexity index is 607. The number of fused-ring (bicyclic) bond motifs is 1. The Morgan fingerprint density at radius 2 is 2.11 bits per heavy atom. The predicted octanol–water partition coefficient (Wildman–Crippen LogP) is 1.35. The molecule has 0 bridgehead atoms. The van der Waals surface area contributed by atoms with Gasteiger partial charge in [0.05, 0.1) is 5.69 Å². The summed E-state index contributed by atoms with van der Waals surface area (Å²) in [6.07, 6.45) is 4.85. The Morgan fingerprint density at radius 3 is 2.84 bits per heavy atom. The van der Waals surface area contributed by atoms with Crippen LogP contribution in [0.25, 0.3) is 11.4 Å². The molecule has 4 rings (SSSR count). The molecule has 0 aromatic carbocycles. The minimum absolute atomic E-state index is 0.789. The average Bonchev–Trinajstić information content (AvgIpc) is 2.86. The molecule has 1 N–H and O–H groups in total. The van der Waals surface area contributed by atoms with Crippen LogP contribution in [0.4, 0.5) is 5.82 Å². The number of anilines is 1. The predicted molar refractivity (Wildman–Crippen MR) is 72.6 cm³/mol. The van der Waals surface area contributed by atoms with Gasteiger partial charge in [0, 0.05) is 49.7 Å². The van der Waals surface area contributed by atoms with E-state index in [2.05, 4.69) is 20.2 Å². The highest BCUT2D eigenvalue weighted by Crippen LogP contribution is 2.30. The lowest BCUT2D eigenvalue weighted by atomic mass is 10.1. The summed E-state index contributed by atoms with van der Waals surface area (Å²) in [4.78, 5) is 16.0. The van der Waals surface area contributed by atoms with Gasteiger partial charge in [-0.3, -0.25) is 4.98 Å². The highest BCUT2D eigenvalue weighted by atomic mass is 15.2. The van der Waals surface area contributed by atoms with E-state index in [1.807, 2.05) is 18.3 Å². The summed E-state index contributed by atoms with van der Waals surface area (Å²) in [5.41, 5.74) is 3.39. The Balaban J connectivity index is 1.84. The molecule has 4 heterocycles. The lowest BCUT2D eigenvalue weighted by Gasteiger charge is -2.33. The van der Waals surface area contributed by atoms with Crippen molar-refractivity contribution in [2.24, 2.45) is 0 Å². The Kier molecular flexibility index (Phi) is 2.45. The van der Waals surface area contributed by atoms with Crippen LogP contribution < -0.4 is 10.2 Å². The number of nitrogens with one attached hydrogen (secondary N) is 1. The zero-order valence-electron chi connectivity index (χ0n) is 10.6. The maximum absolute atomic E-state index is 4.77. The first-order valence-electron chi connectivity index (χ1n) is 6.68. The van der Waals surface area contributed by atoms with Crippen molar-refractivity contribution in [3.63, 3.8) is 0 Å². The van der Waals surface area contributed by atoms with Crippen molar-refractivity contribution in [1.82, 2.24) is 20.3 Å². The van der Waals surface area contributed by atoms with Crippen molar-refractivity contribution in [3.8, 4) is 11.4 Å². The van der Waals surface area contributed by atoms with Gasteiger partial charge in [-0.15, -0.1) is 0 Å². The highest BCUT2D eigenvalue weighted by Gasteiger charge is 2.25. The molecule has 1 saturated heterocycles. The summed E-state index contributed by atoms with van der Waals surface area (Å²) >= 11 is 0. The van der Waals surface area contributed by atoms with Gasteiger partial charge in [-0.1, -0.05) is 0 Å². The summed E-state index contributed by atoms with van der Waals surface area (Å²) in [6.45, 7) is 3.94. The molecule has 0 radical (unpaired) electrons. The molecule has 2 aromatic rings. The topological polar surface area (TPSA) is 53.9 Å². The van der Waals surface area contributed by atoms with Crippen molar-refractivity contribution in [2.75, 3.05) is 18.0 Å². The van der Waals surface area contributed by atoms with Gasteiger partial charge >= 0.3 is 0 Å². The second-order valence-corrected chi connectivity index (χ2v) is 4.98. The molecule has 0 saturated carbocycles. The second-order valence-electron chi connectivity index (χ2n) is 4.98. The average molecular weight is 253 g/mol. The van der Waals surface area contributed by atoms with E-state index >= 15 is 0 Å². The van der Waals surface area contributed by atoms with Crippen LogP contribution in [0.2, 0.25) is 0 Å². The minimum atomic E-state index is 0.789. The fourth-order valence-electron chi connectivity index (χ4n) is 2.56. The molecule has 2 aromatic heterocycles. The van der Waals surface area contributed by atoms with Crippen molar-refractivity contribution >= 4 is 5.82 Å². The second kappa shape index (κ2) is 4.28. The van der Waals surface area contributed by atoms with Gasteiger partial charge in [-0.05, 0) is 18.6 Å². The first-order chi connectivity index (χ1) is 9.42. The van der Waals surface area contributed by atoms with E-state index in [1.54, 1.807) is 6.20 Å². The third-order valence-electron chi connectivity index (χ3n) is 3.74. The quantitative estimate of drug-likeness (QED) is 0.875. The van der Waals surface area contributed by atoms with Crippen molar-refractivity contribution < 1.29 is 0 Å². The lowest BCUT2D eigenvalue weighted by Crippen LogP contribution is -2.38. The maximum atomic E-state index is 4.77. The molecule has 5 nitrogen and oxygen atoms in total. The van der Waals surface area contributed by atoms with Gasteiger partial charge in [0.2, 0.25) is 0 Å². The van der Waals surface area contributed by atoms with E-state index < -0.39 is 0 Å². The molecule has 0 unspecified atom stereocenters. The summed E-state index contributed by atoms with van der Waals surface area (Å²) in [5, 5.41) is 3.37. The van der Waals surface area contributed by atoms with Gasteiger partial charge in [-0.25, -0.2) is 9.97 Å². The summed E-state index contributed by atoms with van der Waals surface area (Å²) in [5.74, 6) is 1.90. The molecule has 0 spiro atoms. The number of pyridine rings is 1. The van der Waals surface area contributed by atoms with Crippen molar-refractivity contribution in [3.05, 3.63) is 35.8 Å². The smallest absolute Gasteiger partial charge is 0.163 e. The number of rotatable bonds is 2. The molecule has 0 aliphatic carbocycles. The van der Waals surface area contributed by atoms with Gasteiger partial charge < -0.3 is 10.2 Å². The van der Waals surface area contributed by atoms with Gasteiger partial charge in [0.1, 0.15) is 5.82 Å². The van der Waals surface area contributed by atoms with E-state index in [9.17, 15) is 0 Å². The molecule has 96 valence electrons. The number of nitrogens with zero attached hydrogens (tertiary/aromatic N) is 4. The molecular weight excluding hydrogens is 238 g/mol. The van der Waals surface area contributed by atoms with Crippen LogP contribution in [0.15, 0.2) is 24.5 Å². The Hall–Kier alpha value is -2.01.